The van der Waals surface area contributed by atoms with Crippen LogP contribution in [0.1, 0.15) is 55.5 Å². The SMILES string of the molecule is CC(C)(C)NC(=O)[C@@H]1CN(Cc2cnc3ccccc3c2)CCN1C[C@@H](O)C[C@H](Cc1ccccc1)C(=O)N[C@H]1c2ccccc2C[C@H]1O. The summed E-state index contributed by atoms with van der Waals surface area (Å²) < 4.78 is 0. The molecule has 1 aliphatic heterocycles. The van der Waals surface area contributed by atoms with Gasteiger partial charge >= 0.3 is 0 Å². The second-order valence-electron chi connectivity index (χ2n) is 14.8. The molecule has 1 fully saturated rings. The summed E-state index contributed by atoms with van der Waals surface area (Å²) in [5, 5.41) is 29.8. The van der Waals surface area contributed by atoms with Crippen molar-refractivity contribution in [3.05, 3.63) is 113 Å². The van der Waals surface area contributed by atoms with Crippen LogP contribution in [0.3, 0.4) is 0 Å². The molecular weight excluding hydrogens is 614 g/mol. The number of amides is 2. The third-order valence-electron chi connectivity index (χ3n) is 9.63. The number of fused-ring (bicyclic) bond motifs is 2. The van der Waals surface area contributed by atoms with E-state index in [-0.39, 0.29) is 24.8 Å². The van der Waals surface area contributed by atoms with Crippen LogP contribution in [0.15, 0.2) is 91.1 Å². The van der Waals surface area contributed by atoms with E-state index >= 15 is 0 Å². The Balaban J connectivity index is 1.15. The Hall–Kier alpha value is -4.15. The zero-order valence-corrected chi connectivity index (χ0v) is 28.8. The molecular formula is C40H49N5O4. The normalized spacial score (nSPS) is 21.2. The summed E-state index contributed by atoms with van der Waals surface area (Å²) in [5.41, 5.74) is 4.61. The van der Waals surface area contributed by atoms with Gasteiger partial charge in [-0.1, -0.05) is 72.8 Å². The van der Waals surface area contributed by atoms with E-state index < -0.39 is 35.7 Å². The maximum atomic E-state index is 13.9. The number of aliphatic hydroxyl groups is 2. The van der Waals surface area contributed by atoms with Crippen LogP contribution in [0.5, 0.6) is 0 Å². The van der Waals surface area contributed by atoms with Gasteiger partial charge in [-0.25, -0.2) is 0 Å². The summed E-state index contributed by atoms with van der Waals surface area (Å²) in [6.45, 7) is 8.68. The highest BCUT2D eigenvalue weighted by Crippen LogP contribution is 2.32. The van der Waals surface area contributed by atoms with Crippen molar-refractivity contribution in [2.45, 2.75) is 76.4 Å². The maximum absolute atomic E-state index is 13.9. The van der Waals surface area contributed by atoms with Crippen LogP contribution in [0, 0.1) is 5.92 Å². The molecule has 2 amide bonds. The summed E-state index contributed by atoms with van der Waals surface area (Å²) in [6, 6.07) is 26.9. The Morgan fingerprint density at radius 1 is 0.959 bits per heavy atom. The molecule has 4 aromatic rings. The second kappa shape index (κ2) is 15.2. The largest absolute Gasteiger partial charge is 0.392 e. The Morgan fingerprint density at radius 2 is 1.69 bits per heavy atom. The molecule has 9 heteroatoms. The number of hydrogen-bond acceptors (Lipinski definition) is 7. The van der Waals surface area contributed by atoms with Gasteiger partial charge in [-0.05, 0) is 68.0 Å². The standard InChI is InChI=1S/C40H49N5O4/c1-40(2,3)43-39(49)35-26-44(24-28-20-30-14-8-10-16-34(30)41-23-28)17-18-45(35)25-32(46)21-31(19-27-11-5-4-6-12-27)38(48)42-37-33-15-9-7-13-29(33)22-36(37)47/h4-16,20,23,31-32,35-37,46-47H,17-19,21-22,24-26H2,1-3H3,(H,42,48)(H,43,49)/t31-,32-,35-,36+,37-/m0/s1. The number of aromatic nitrogens is 1. The second-order valence-corrected chi connectivity index (χ2v) is 14.8. The molecule has 6 rings (SSSR count). The number of nitrogens with zero attached hydrogens (tertiary/aromatic N) is 3. The lowest BCUT2D eigenvalue weighted by Gasteiger charge is -2.42. The Kier molecular flexibility index (Phi) is 10.7. The number of aliphatic hydroxyl groups excluding tert-OH is 2. The Morgan fingerprint density at radius 3 is 2.49 bits per heavy atom. The first-order valence-electron chi connectivity index (χ1n) is 17.4. The van der Waals surface area contributed by atoms with Crippen molar-refractivity contribution in [2.75, 3.05) is 26.2 Å². The molecule has 2 aliphatic rings. The van der Waals surface area contributed by atoms with Crippen LogP contribution in [0.25, 0.3) is 10.9 Å². The summed E-state index contributed by atoms with van der Waals surface area (Å²) >= 11 is 0. The van der Waals surface area contributed by atoms with Gasteiger partial charge in [-0.3, -0.25) is 24.4 Å². The van der Waals surface area contributed by atoms with Crippen molar-refractivity contribution in [3.8, 4) is 0 Å². The minimum Gasteiger partial charge on any atom is -0.392 e. The van der Waals surface area contributed by atoms with Crippen molar-refractivity contribution in [2.24, 2.45) is 5.92 Å². The minimum atomic E-state index is -0.846. The van der Waals surface area contributed by atoms with E-state index in [0.29, 0.717) is 32.5 Å². The fraction of sp³-hybridized carbons (Fsp3) is 0.425. The van der Waals surface area contributed by atoms with E-state index in [2.05, 4.69) is 37.6 Å². The molecule has 49 heavy (non-hydrogen) atoms. The van der Waals surface area contributed by atoms with Crippen LogP contribution in [0.2, 0.25) is 0 Å². The Labute approximate surface area is 289 Å². The lowest BCUT2D eigenvalue weighted by molar-refractivity contribution is -0.132. The average molecular weight is 664 g/mol. The summed E-state index contributed by atoms with van der Waals surface area (Å²) in [6.07, 6.45) is 1.53. The maximum Gasteiger partial charge on any atom is 0.239 e. The highest BCUT2D eigenvalue weighted by molar-refractivity contribution is 5.83. The highest BCUT2D eigenvalue weighted by Gasteiger charge is 2.37. The van der Waals surface area contributed by atoms with Gasteiger partial charge in [0.1, 0.15) is 6.04 Å². The van der Waals surface area contributed by atoms with E-state index in [1.165, 1.54) is 0 Å². The van der Waals surface area contributed by atoms with Gasteiger partial charge in [0.15, 0.2) is 0 Å². The number of benzene rings is 3. The van der Waals surface area contributed by atoms with Gasteiger partial charge in [-0.2, -0.15) is 0 Å². The molecule has 4 N–H and O–H groups in total. The van der Waals surface area contributed by atoms with E-state index in [0.717, 1.165) is 39.7 Å². The van der Waals surface area contributed by atoms with Gasteiger partial charge in [0.05, 0.1) is 23.8 Å². The van der Waals surface area contributed by atoms with Crippen molar-refractivity contribution in [1.29, 1.82) is 0 Å². The fourth-order valence-corrected chi connectivity index (χ4v) is 7.28. The van der Waals surface area contributed by atoms with Gasteiger partial charge in [-0.15, -0.1) is 0 Å². The summed E-state index contributed by atoms with van der Waals surface area (Å²) in [7, 11) is 0. The fourth-order valence-electron chi connectivity index (χ4n) is 7.28. The molecule has 258 valence electrons. The number of pyridine rings is 1. The van der Waals surface area contributed by atoms with E-state index in [1.807, 2.05) is 99.8 Å². The molecule has 1 aliphatic carbocycles. The quantitative estimate of drug-likeness (QED) is 0.192. The monoisotopic (exact) mass is 663 g/mol. The van der Waals surface area contributed by atoms with Crippen molar-refractivity contribution in [1.82, 2.24) is 25.4 Å². The van der Waals surface area contributed by atoms with Gasteiger partial charge in [0.2, 0.25) is 11.8 Å². The zero-order valence-electron chi connectivity index (χ0n) is 28.8. The molecule has 1 aromatic heterocycles. The van der Waals surface area contributed by atoms with Crippen molar-refractivity contribution < 1.29 is 19.8 Å². The highest BCUT2D eigenvalue weighted by atomic mass is 16.3. The van der Waals surface area contributed by atoms with Crippen LogP contribution in [0.4, 0.5) is 0 Å². The molecule has 1 saturated heterocycles. The number of piperazine rings is 1. The van der Waals surface area contributed by atoms with Crippen LogP contribution < -0.4 is 10.6 Å². The van der Waals surface area contributed by atoms with Crippen LogP contribution in [-0.4, -0.2) is 86.8 Å². The van der Waals surface area contributed by atoms with Crippen molar-refractivity contribution in [3.63, 3.8) is 0 Å². The lowest BCUT2D eigenvalue weighted by Crippen LogP contribution is -2.61. The van der Waals surface area contributed by atoms with Crippen LogP contribution in [-0.2, 0) is 29.0 Å². The molecule has 0 unspecified atom stereocenters. The van der Waals surface area contributed by atoms with Gasteiger partial charge < -0.3 is 20.8 Å². The smallest absolute Gasteiger partial charge is 0.239 e. The third-order valence-corrected chi connectivity index (χ3v) is 9.63. The molecule has 0 saturated carbocycles. The first-order valence-corrected chi connectivity index (χ1v) is 17.4. The number of hydrogen-bond donors (Lipinski definition) is 4. The number of para-hydroxylation sites is 1. The zero-order chi connectivity index (χ0) is 34.5. The molecule has 0 bridgehead atoms. The number of rotatable bonds is 11. The third kappa shape index (κ3) is 8.91. The van der Waals surface area contributed by atoms with E-state index in [1.54, 1.807) is 0 Å². The number of β-amino-alcohol motifs (C(OH)–C–C–N with tert-alkyl or cyclic N) is 1. The Bertz CT molecular complexity index is 1740. The molecule has 2 heterocycles. The molecule has 0 radical (unpaired) electrons. The van der Waals surface area contributed by atoms with E-state index in [9.17, 15) is 19.8 Å². The molecule has 9 nitrogen and oxygen atoms in total. The number of carbonyl (C=O) groups excluding carboxylic acids is 2. The predicted molar refractivity (Wildman–Crippen MR) is 192 cm³/mol. The summed E-state index contributed by atoms with van der Waals surface area (Å²) in [4.78, 5) is 36.6. The molecule has 5 atom stereocenters. The molecule has 3 aromatic carbocycles. The number of nitrogens with one attached hydrogen (secondary N) is 2. The molecule has 0 spiro atoms. The van der Waals surface area contributed by atoms with Gasteiger partial charge in [0, 0.05) is 62.2 Å². The van der Waals surface area contributed by atoms with Crippen LogP contribution >= 0.6 is 0 Å². The minimum absolute atomic E-state index is 0.0755. The van der Waals surface area contributed by atoms with E-state index in [4.69, 9.17) is 0 Å². The topological polar surface area (TPSA) is 118 Å². The number of carbonyl (C=O) groups is 2. The van der Waals surface area contributed by atoms with Gasteiger partial charge in [0.25, 0.3) is 0 Å². The predicted octanol–water partition coefficient (Wildman–Crippen LogP) is 4.02. The van der Waals surface area contributed by atoms with Crippen molar-refractivity contribution >= 4 is 22.7 Å². The first-order chi connectivity index (χ1) is 23.5. The summed E-state index contributed by atoms with van der Waals surface area (Å²) in [5.74, 6) is -0.797. The lowest BCUT2D eigenvalue weighted by atomic mass is 9.91. The first kappa shape index (κ1) is 34.7. The average Bonchev–Trinajstić information content (AvgIpc) is 3.39.